The maximum Gasteiger partial charge on any atom is 0.349 e. The fourth-order valence-electron chi connectivity index (χ4n) is 4.32. The highest BCUT2D eigenvalue weighted by Gasteiger charge is 2.43. The topological polar surface area (TPSA) is 46.5 Å². The van der Waals surface area contributed by atoms with E-state index in [4.69, 9.17) is 4.74 Å². The van der Waals surface area contributed by atoms with E-state index in [1.165, 1.54) is 17.3 Å². The highest BCUT2D eigenvalue weighted by Crippen LogP contribution is 2.46. The van der Waals surface area contributed by atoms with Crippen molar-refractivity contribution in [3.8, 4) is 0 Å². The van der Waals surface area contributed by atoms with Crippen molar-refractivity contribution in [2.75, 3.05) is 0 Å². The van der Waals surface area contributed by atoms with Crippen LogP contribution in [0.5, 0.6) is 0 Å². The molecule has 33 heavy (non-hydrogen) atoms. The average molecular weight is 459 g/mol. The zero-order valence-electron chi connectivity index (χ0n) is 19.4. The summed E-state index contributed by atoms with van der Waals surface area (Å²) in [6.45, 7) is 6.30. The molecule has 0 saturated carbocycles. The molecule has 1 N–H and O–H groups in total. The Balaban J connectivity index is 1.67. The summed E-state index contributed by atoms with van der Waals surface area (Å²) in [5.41, 5.74) is 3.46. The van der Waals surface area contributed by atoms with Crippen molar-refractivity contribution in [2.45, 2.75) is 56.4 Å². The molecule has 0 aromatic heterocycles. The van der Waals surface area contributed by atoms with Crippen LogP contribution in [0.15, 0.2) is 94.4 Å². The molecule has 4 rings (SSSR count). The third-order valence-electron chi connectivity index (χ3n) is 6.15. The summed E-state index contributed by atoms with van der Waals surface area (Å²) in [7, 11) is 0. The Morgan fingerprint density at radius 2 is 1.67 bits per heavy atom. The van der Waals surface area contributed by atoms with Gasteiger partial charge >= 0.3 is 5.97 Å². The van der Waals surface area contributed by atoms with Gasteiger partial charge in [0.2, 0.25) is 0 Å². The Bertz CT molecular complexity index is 1150. The molecule has 0 radical (unpaired) electrons. The first-order chi connectivity index (χ1) is 15.9. The molecule has 170 valence electrons. The molecule has 3 nitrogen and oxygen atoms in total. The summed E-state index contributed by atoms with van der Waals surface area (Å²) >= 11 is 1.32. The smallest absolute Gasteiger partial charge is 0.349 e. The highest BCUT2D eigenvalue weighted by molar-refractivity contribution is 8.04. The Morgan fingerprint density at radius 1 is 1.00 bits per heavy atom. The normalized spacial score (nSPS) is 18.5. The number of aliphatic hydroxyl groups is 1. The van der Waals surface area contributed by atoms with E-state index in [2.05, 4.69) is 44.2 Å². The first-order valence-corrected chi connectivity index (χ1v) is 12.2. The van der Waals surface area contributed by atoms with E-state index >= 15 is 0 Å². The second-order valence-corrected chi connectivity index (χ2v) is 10.0. The zero-order chi connectivity index (χ0) is 23.4. The number of cyclic esters (lactones) is 1. The van der Waals surface area contributed by atoms with E-state index < -0.39 is 11.6 Å². The van der Waals surface area contributed by atoms with Crippen LogP contribution in [0, 0.1) is 6.92 Å². The van der Waals surface area contributed by atoms with Gasteiger partial charge in [-0.05, 0) is 54.0 Å². The van der Waals surface area contributed by atoms with E-state index in [0.717, 1.165) is 28.0 Å². The minimum Gasteiger partial charge on any atom is -0.511 e. The van der Waals surface area contributed by atoms with E-state index in [9.17, 15) is 9.90 Å². The van der Waals surface area contributed by atoms with Crippen molar-refractivity contribution in [3.05, 3.63) is 112 Å². The molecule has 1 heterocycles. The summed E-state index contributed by atoms with van der Waals surface area (Å²) in [6, 6.07) is 26.2. The van der Waals surface area contributed by atoms with Gasteiger partial charge in [0, 0.05) is 4.90 Å². The molecule has 0 bridgehead atoms. The number of carbonyl (C=O) groups is 1. The van der Waals surface area contributed by atoms with Crippen LogP contribution in [0.4, 0.5) is 0 Å². The van der Waals surface area contributed by atoms with Crippen LogP contribution in [-0.2, 0) is 21.6 Å². The average Bonchev–Trinajstić information content (AvgIpc) is 2.81. The van der Waals surface area contributed by atoms with Gasteiger partial charge in [-0.25, -0.2) is 4.79 Å². The van der Waals surface area contributed by atoms with E-state index in [-0.39, 0.29) is 17.1 Å². The third-order valence-corrected chi connectivity index (χ3v) is 7.33. The van der Waals surface area contributed by atoms with Gasteiger partial charge in [-0.2, -0.15) is 0 Å². The lowest BCUT2D eigenvalue weighted by Gasteiger charge is -2.37. The van der Waals surface area contributed by atoms with Gasteiger partial charge in [0.05, 0.1) is 6.42 Å². The Labute approximate surface area is 200 Å². The van der Waals surface area contributed by atoms with Crippen LogP contribution in [0.2, 0.25) is 0 Å². The predicted molar refractivity (Wildman–Crippen MR) is 134 cm³/mol. The molecular formula is C29H30O3S. The van der Waals surface area contributed by atoms with Gasteiger partial charge in [-0.15, -0.1) is 0 Å². The number of carbonyl (C=O) groups excluding carboxylic acids is 1. The lowest BCUT2D eigenvalue weighted by atomic mass is 9.82. The van der Waals surface area contributed by atoms with Gasteiger partial charge in [-0.3, -0.25) is 0 Å². The molecule has 3 aromatic rings. The second-order valence-electron chi connectivity index (χ2n) is 8.99. The van der Waals surface area contributed by atoms with Crippen LogP contribution >= 0.6 is 11.8 Å². The Morgan fingerprint density at radius 3 is 2.30 bits per heavy atom. The number of benzene rings is 3. The summed E-state index contributed by atoms with van der Waals surface area (Å²) in [5, 5.41) is 11.2. The molecule has 1 atom stereocenters. The molecule has 1 aliphatic rings. The van der Waals surface area contributed by atoms with Gasteiger partial charge in [0.25, 0.3) is 0 Å². The largest absolute Gasteiger partial charge is 0.511 e. The molecule has 0 aliphatic carbocycles. The highest BCUT2D eigenvalue weighted by atomic mass is 32.2. The first-order valence-electron chi connectivity index (χ1n) is 11.4. The van der Waals surface area contributed by atoms with Crippen molar-refractivity contribution in [1.82, 2.24) is 0 Å². The maximum atomic E-state index is 13.3. The van der Waals surface area contributed by atoms with Crippen LogP contribution in [0.25, 0.3) is 0 Å². The molecule has 4 heteroatoms. The summed E-state index contributed by atoms with van der Waals surface area (Å²) in [4.78, 5) is 14.6. The predicted octanol–water partition coefficient (Wildman–Crippen LogP) is 7.46. The van der Waals surface area contributed by atoms with Crippen molar-refractivity contribution in [3.63, 3.8) is 0 Å². The van der Waals surface area contributed by atoms with Crippen molar-refractivity contribution in [1.29, 1.82) is 0 Å². The van der Waals surface area contributed by atoms with Crippen molar-refractivity contribution < 1.29 is 14.6 Å². The van der Waals surface area contributed by atoms with Gasteiger partial charge in [0.15, 0.2) is 0 Å². The van der Waals surface area contributed by atoms with Crippen LogP contribution in [0.3, 0.4) is 0 Å². The summed E-state index contributed by atoms with van der Waals surface area (Å²) < 4.78 is 6.19. The third kappa shape index (κ3) is 5.17. The summed E-state index contributed by atoms with van der Waals surface area (Å²) in [6.07, 6.45) is 1.60. The van der Waals surface area contributed by atoms with E-state index in [1.807, 2.05) is 55.5 Å². The van der Waals surface area contributed by atoms with Crippen LogP contribution in [0.1, 0.15) is 54.9 Å². The molecule has 0 saturated heterocycles. The van der Waals surface area contributed by atoms with Crippen LogP contribution < -0.4 is 0 Å². The minimum atomic E-state index is -0.893. The standard InChI is InChI=1S/C29H30O3S/c1-20(2)24-15-14-21(3)18-26(24)33-27-25(30)19-29(32-28(27)31,23-12-8-5-9-13-23)17-16-22-10-6-4-7-11-22/h4-15,18,20,30H,16-17,19H2,1-3H3/t29-/m0/s1. The SMILES string of the molecule is Cc1ccc(C(C)C)c(SC2=C(O)C[C@@](CCc3ccccc3)(c3ccccc3)OC2=O)c1. The molecule has 0 unspecified atom stereocenters. The van der Waals surface area contributed by atoms with Crippen molar-refractivity contribution >= 4 is 17.7 Å². The number of ether oxygens (including phenoxy) is 1. The van der Waals surface area contributed by atoms with Gasteiger partial charge in [-0.1, -0.05) is 98.4 Å². The number of thioether (sulfide) groups is 1. The Hall–Kier alpha value is -2.98. The molecule has 3 aromatic carbocycles. The van der Waals surface area contributed by atoms with Crippen LogP contribution in [-0.4, -0.2) is 11.1 Å². The lowest BCUT2D eigenvalue weighted by molar-refractivity contribution is -0.160. The molecule has 1 aliphatic heterocycles. The minimum absolute atomic E-state index is 0.101. The quantitative estimate of drug-likeness (QED) is 0.373. The fraction of sp³-hybridized carbons (Fsp3) is 0.276. The second kappa shape index (κ2) is 9.88. The molecule has 0 amide bonds. The zero-order valence-corrected chi connectivity index (χ0v) is 20.2. The fourth-order valence-corrected chi connectivity index (χ4v) is 5.52. The number of hydrogen-bond acceptors (Lipinski definition) is 4. The number of aliphatic hydroxyl groups excluding tert-OH is 1. The van der Waals surface area contributed by atoms with Crippen molar-refractivity contribution in [2.24, 2.45) is 0 Å². The number of rotatable bonds is 7. The van der Waals surface area contributed by atoms with Gasteiger partial charge in [0.1, 0.15) is 16.3 Å². The number of hydrogen-bond donors (Lipinski definition) is 1. The van der Waals surface area contributed by atoms with Gasteiger partial charge < -0.3 is 9.84 Å². The lowest BCUT2D eigenvalue weighted by Crippen LogP contribution is -2.38. The monoisotopic (exact) mass is 458 g/mol. The molecule has 0 fully saturated rings. The number of aryl methyl sites for hydroxylation is 2. The first kappa shape index (κ1) is 23.2. The molecular weight excluding hydrogens is 428 g/mol. The molecule has 0 spiro atoms. The summed E-state index contributed by atoms with van der Waals surface area (Å²) in [5.74, 6) is -0.0500. The van der Waals surface area contributed by atoms with E-state index in [0.29, 0.717) is 12.3 Å². The maximum absolute atomic E-state index is 13.3. The number of esters is 1. The Kier molecular flexibility index (Phi) is 6.94. The van der Waals surface area contributed by atoms with E-state index in [1.54, 1.807) is 0 Å².